The monoisotopic (exact) mass is 217 g/mol. The van der Waals surface area contributed by atoms with Gasteiger partial charge < -0.3 is 4.74 Å². The van der Waals surface area contributed by atoms with Crippen LogP contribution in [-0.4, -0.2) is 7.11 Å². The molecule has 0 heterocycles. The SMILES string of the molecule is COc1ccc(C(C)(C)C)cc1C(C)C#N. The van der Waals surface area contributed by atoms with Crippen molar-refractivity contribution in [1.29, 1.82) is 5.26 Å². The second-order valence-electron chi connectivity index (χ2n) is 5.06. The summed E-state index contributed by atoms with van der Waals surface area (Å²) < 4.78 is 5.28. The number of ether oxygens (including phenoxy) is 1. The summed E-state index contributed by atoms with van der Waals surface area (Å²) in [5, 5.41) is 9.00. The maximum absolute atomic E-state index is 9.00. The highest BCUT2D eigenvalue weighted by Gasteiger charge is 2.18. The maximum Gasteiger partial charge on any atom is 0.123 e. The number of nitrogens with zero attached hydrogens (tertiary/aromatic N) is 1. The molecule has 0 aliphatic heterocycles. The van der Waals surface area contributed by atoms with Crippen LogP contribution in [0.15, 0.2) is 18.2 Å². The summed E-state index contributed by atoms with van der Waals surface area (Å²) in [5.74, 6) is 0.652. The van der Waals surface area contributed by atoms with Gasteiger partial charge in [-0.15, -0.1) is 0 Å². The van der Waals surface area contributed by atoms with Crippen molar-refractivity contribution in [2.45, 2.75) is 39.0 Å². The molecule has 0 radical (unpaired) electrons. The van der Waals surface area contributed by atoms with E-state index in [1.807, 2.05) is 13.0 Å². The zero-order valence-electron chi connectivity index (χ0n) is 10.7. The predicted molar refractivity (Wildman–Crippen MR) is 65.7 cm³/mol. The van der Waals surface area contributed by atoms with E-state index in [4.69, 9.17) is 10.00 Å². The second kappa shape index (κ2) is 4.57. The van der Waals surface area contributed by atoms with Crippen molar-refractivity contribution in [3.8, 4) is 11.8 Å². The van der Waals surface area contributed by atoms with Gasteiger partial charge in [0.05, 0.1) is 19.1 Å². The molecular formula is C14H19NO. The Kier molecular flexibility index (Phi) is 3.59. The molecule has 2 heteroatoms. The van der Waals surface area contributed by atoms with E-state index in [1.54, 1.807) is 7.11 Å². The summed E-state index contributed by atoms with van der Waals surface area (Å²) in [7, 11) is 1.64. The van der Waals surface area contributed by atoms with Gasteiger partial charge in [-0.25, -0.2) is 0 Å². The number of benzene rings is 1. The van der Waals surface area contributed by atoms with Crippen LogP contribution in [0.4, 0.5) is 0 Å². The number of nitriles is 1. The van der Waals surface area contributed by atoms with Gasteiger partial charge in [0.25, 0.3) is 0 Å². The van der Waals surface area contributed by atoms with Crippen LogP contribution < -0.4 is 4.74 Å². The average molecular weight is 217 g/mol. The minimum atomic E-state index is -0.141. The van der Waals surface area contributed by atoms with E-state index >= 15 is 0 Å². The van der Waals surface area contributed by atoms with Crippen LogP contribution in [0.2, 0.25) is 0 Å². The molecule has 0 aliphatic rings. The normalized spacial score (nSPS) is 13.0. The lowest BCUT2D eigenvalue weighted by molar-refractivity contribution is 0.408. The smallest absolute Gasteiger partial charge is 0.123 e. The Morgan fingerprint density at radius 3 is 2.38 bits per heavy atom. The summed E-state index contributed by atoms with van der Waals surface area (Å²) in [6, 6.07) is 8.34. The van der Waals surface area contributed by atoms with Gasteiger partial charge in [0, 0.05) is 5.56 Å². The molecule has 16 heavy (non-hydrogen) atoms. The molecule has 1 unspecified atom stereocenters. The molecule has 1 aromatic carbocycles. The Balaban J connectivity index is 3.28. The first-order chi connectivity index (χ1) is 7.40. The van der Waals surface area contributed by atoms with E-state index in [9.17, 15) is 0 Å². The van der Waals surface area contributed by atoms with E-state index < -0.39 is 0 Å². The number of methoxy groups -OCH3 is 1. The zero-order chi connectivity index (χ0) is 12.3. The van der Waals surface area contributed by atoms with E-state index in [0.717, 1.165) is 11.3 Å². The Labute approximate surface area is 97.9 Å². The Morgan fingerprint density at radius 1 is 1.31 bits per heavy atom. The van der Waals surface area contributed by atoms with Crippen LogP contribution in [0.5, 0.6) is 5.75 Å². The first-order valence-corrected chi connectivity index (χ1v) is 5.48. The van der Waals surface area contributed by atoms with E-state index in [1.165, 1.54) is 5.56 Å². The van der Waals surface area contributed by atoms with Crippen LogP contribution in [0.1, 0.15) is 44.7 Å². The fourth-order valence-electron chi connectivity index (χ4n) is 1.61. The third-order valence-corrected chi connectivity index (χ3v) is 2.76. The molecular weight excluding hydrogens is 198 g/mol. The highest BCUT2D eigenvalue weighted by atomic mass is 16.5. The first-order valence-electron chi connectivity index (χ1n) is 5.48. The van der Waals surface area contributed by atoms with E-state index in [-0.39, 0.29) is 11.3 Å². The highest BCUT2D eigenvalue weighted by Crippen LogP contribution is 2.31. The Bertz CT molecular complexity index is 410. The van der Waals surface area contributed by atoms with Crippen molar-refractivity contribution in [2.24, 2.45) is 0 Å². The minimum absolute atomic E-state index is 0.0934. The molecule has 0 saturated carbocycles. The lowest BCUT2D eigenvalue weighted by Gasteiger charge is -2.21. The summed E-state index contributed by atoms with van der Waals surface area (Å²) in [5.41, 5.74) is 2.29. The predicted octanol–water partition coefficient (Wildman–Crippen LogP) is 3.62. The zero-order valence-corrected chi connectivity index (χ0v) is 10.7. The second-order valence-corrected chi connectivity index (χ2v) is 5.06. The molecule has 1 rings (SSSR count). The van der Waals surface area contributed by atoms with E-state index in [0.29, 0.717) is 0 Å². The maximum atomic E-state index is 9.00. The van der Waals surface area contributed by atoms with Crippen molar-refractivity contribution in [3.05, 3.63) is 29.3 Å². The van der Waals surface area contributed by atoms with Crippen molar-refractivity contribution in [2.75, 3.05) is 7.11 Å². The van der Waals surface area contributed by atoms with Gasteiger partial charge in [-0.2, -0.15) is 5.26 Å². The number of hydrogen-bond donors (Lipinski definition) is 0. The molecule has 2 nitrogen and oxygen atoms in total. The lowest BCUT2D eigenvalue weighted by Crippen LogP contribution is -2.12. The molecule has 0 bridgehead atoms. The molecule has 1 atom stereocenters. The summed E-state index contributed by atoms with van der Waals surface area (Å²) >= 11 is 0. The van der Waals surface area contributed by atoms with Gasteiger partial charge in [-0.1, -0.05) is 32.9 Å². The molecule has 0 aliphatic carbocycles. The Morgan fingerprint density at radius 2 is 1.94 bits per heavy atom. The molecule has 1 aromatic rings. The average Bonchev–Trinajstić information content (AvgIpc) is 2.25. The number of hydrogen-bond acceptors (Lipinski definition) is 2. The standard InChI is InChI=1S/C14H19NO/c1-10(9-15)12-8-11(14(2,3)4)6-7-13(12)16-5/h6-8,10H,1-5H3. The summed E-state index contributed by atoms with van der Waals surface area (Å²) in [6.45, 7) is 8.38. The first kappa shape index (κ1) is 12.6. The summed E-state index contributed by atoms with van der Waals surface area (Å²) in [6.07, 6.45) is 0. The van der Waals surface area contributed by atoms with Crippen LogP contribution in [-0.2, 0) is 5.41 Å². The number of rotatable bonds is 2. The van der Waals surface area contributed by atoms with Crippen molar-refractivity contribution in [1.82, 2.24) is 0 Å². The van der Waals surface area contributed by atoms with Gasteiger partial charge >= 0.3 is 0 Å². The van der Waals surface area contributed by atoms with Gasteiger partial charge in [0.1, 0.15) is 5.75 Å². The van der Waals surface area contributed by atoms with Gasteiger partial charge in [0.2, 0.25) is 0 Å². The molecule has 0 aromatic heterocycles. The third kappa shape index (κ3) is 2.55. The lowest BCUT2D eigenvalue weighted by atomic mass is 9.84. The van der Waals surface area contributed by atoms with Crippen LogP contribution in [0.3, 0.4) is 0 Å². The van der Waals surface area contributed by atoms with Crippen molar-refractivity contribution >= 4 is 0 Å². The van der Waals surface area contributed by atoms with Crippen molar-refractivity contribution in [3.63, 3.8) is 0 Å². The Hall–Kier alpha value is -1.49. The third-order valence-electron chi connectivity index (χ3n) is 2.76. The largest absolute Gasteiger partial charge is 0.496 e. The molecule has 0 N–H and O–H groups in total. The molecule has 86 valence electrons. The van der Waals surface area contributed by atoms with Gasteiger partial charge in [-0.05, 0) is 24.0 Å². The highest BCUT2D eigenvalue weighted by molar-refractivity contribution is 5.43. The fourth-order valence-corrected chi connectivity index (χ4v) is 1.61. The van der Waals surface area contributed by atoms with Crippen molar-refractivity contribution < 1.29 is 4.74 Å². The molecule has 0 spiro atoms. The topological polar surface area (TPSA) is 33.0 Å². The minimum Gasteiger partial charge on any atom is -0.496 e. The van der Waals surface area contributed by atoms with Crippen LogP contribution in [0.25, 0.3) is 0 Å². The fraction of sp³-hybridized carbons (Fsp3) is 0.500. The van der Waals surface area contributed by atoms with Gasteiger partial charge in [0.15, 0.2) is 0 Å². The van der Waals surface area contributed by atoms with Gasteiger partial charge in [-0.3, -0.25) is 0 Å². The quantitative estimate of drug-likeness (QED) is 0.758. The molecule has 0 saturated heterocycles. The van der Waals surface area contributed by atoms with E-state index in [2.05, 4.69) is 39.0 Å². The molecule has 0 fully saturated rings. The van der Waals surface area contributed by atoms with Crippen LogP contribution >= 0.6 is 0 Å². The van der Waals surface area contributed by atoms with Crippen LogP contribution in [0, 0.1) is 11.3 Å². The molecule has 0 amide bonds. The summed E-state index contributed by atoms with van der Waals surface area (Å²) in [4.78, 5) is 0.